The van der Waals surface area contributed by atoms with E-state index in [9.17, 15) is 22.4 Å². The minimum absolute atomic E-state index is 0.111. The Hall–Kier alpha value is -3.15. The van der Waals surface area contributed by atoms with Gasteiger partial charge in [-0.1, -0.05) is 16.8 Å². The Kier molecular flexibility index (Phi) is 4.88. The van der Waals surface area contributed by atoms with Crippen molar-refractivity contribution in [2.45, 2.75) is 25.6 Å². The van der Waals surface area contributed by atoms with Crippen molar-refractivity contribution in [3.8, 4) is 5.95 Å². The number of pyridine rings is 1. The fraction of sp³-hybridized carbons (Fsp3) is 0.294. The van der Waals surface area contributed by atoms with Crippen molar-refractivity contribution in [1.29, 1.82) is 0 Å². The fourth-order valence-corrected chi connectivity index (χ4v) is 3.54. The summed E-state index contributed by atoms with van der Waals surface area (Å²) in [5.74, 6) is -1.25. The third kappa shape index (κ3) is 3.36. The molecule has 0 spiro atoms. The van der Waals surface area contributed by atoms with E-state index in [4.69, 9.17) is 11.6 Å². The highest BCUT2D eigenvalue weighted by Crippen LogP contribution is 2.37. The van der Waals surface area contributed by atoms with Gasteiger partial charge in [-0.2, -0.15) is 17.9 Å². The lowest BCUT2D eigenvalue weighted by atomic mass is 10.0. The number of amides is 1. The zero-order valence-electron chi connectivity index (χ0n) is 15.2. The number of halogens is 5. The van der Waals surface area contributed by atoms with Gasteiger partial charge in [0.05, 0.1) is 34.7 Å². The molecule has 1 aliphatic heterocycles. The van der Waals surface area contributed by atoms with Crippen LogP contribution >= 0.6 is 11.6 Å². The van der Waals surface area contributed by atoms with E-state index < -0.39 is 40.2 Å². The van der Waals surface area contributed by atoms with Crippen molar-refractivity contribution >= 4 is 17.5 Å². The number of alkyl halides is 3. The molecule has 1 amide bonds. The molecule has 0 fully saturated rings. The largest absolute Gasteiger partial charge is 0.417 e. The van der Waals surface area contributed by atoms with Crippen LogP contribution in [0, 0.1) is 5.82 Å². The van der Waals surface area contributed by atoms with Crippen LogP contribution in [0.15, 0.2) is 24.7 Å². The molecule has 0 aromatic carbocycles. The van der Waals surface area contributed by atoms with E-state index >= 15 is 0 Å². The summed E-state index contributed by atoms with van der Waals surface area (Å²) in [6.45, 7) is 1.80. The Morgan fingerprint density at radius 1 is 1.23 bits per heavy atom. The molecule has 0 bridgehead atoms. The summed E-state index contributed by atoms with van der Waals surface area (Å²) in [7, 11) is 0. The molecule has 3 aromatic heterocycles. The molecule has 1 aliphatic rings. The molecule has 4 rings (SSSR count). The number of nitrogens with zero attached hydrogens (tertiary/aromatic N) is 7. The maximum Gasteiger partial charge on any atom is 0.417 e. The molecule has 1 atom stereocenters. The van der Waals surface area contributed by atoms with Gasteiger partial charge in [-0.3, -0.25) is 4.79 Å². The van der Waals surface area contributed by atoms with Crippen LogP contribution in [0.4, 0.5) is 17.6 Å². The third-order valence-electron chi connectivity index (χ3n) is 4.70. The summed E-state index contributed by atoms with van der Waals surface area (Å²) in [6.07, 6.45) is -1.58. The Bertz CT molecular complexity index is 1120. The van der Waals surface area contributed by atoms with Crippen LogP contribution in [0.5, 0.6) is 0 Å². The van der Waals surface area contributed by atoms with Crippen LogP contribution in [0.25, 0.3) is 5.95 Å². The van der Waals surface area contributed by atoms with Crippen molar-refractivity contribution < 1.29 is 22.4 Å². The van der Waals surface area contributed by atoms with Gasteiger partial charge < -0.3 is 4.90 Å². The molecule has 13 heteroatoms. The SMILES string of the molecule is C[C@@H]1c2nnn(-c3ncc(F)cn3)c2CCN1C(=O)c1nccc(C(F)(F)F)c1Cl. The lowest BCUT2D eigenvalue weighted by Crippen LogP contribution is -2.40. The number of carbonyl (C=O) groups excluding carboxylic acids is 1. The summed E-state index contributed by atoms with van der Waals surface area (Å²) in [4.78, 5) is 25.7. The molecule has 4 heterocycles. The van der Waals surface area contributed by atoms with E-state index in [1.54, 1.807) is 6.92 Å². The van der Waals surface area contributed by atoms with Gasteiger partial charge in [-0.25, -0.2) is 19.3 Å². The van der Waals surface area contributed by atoms with Crippen LogP contribution < -0.4 is 0 Å². The second kappa shape index (κ2) is 7.27. The molecule has 8 nitrogen and oxygen atoms in total. The number of carbonyl (C=O) groups is 1. The maximum atomic E-state index is 13.1. The summed E-state index contributed by atoms with van der Waals surface area (Å²) in [5.41, 5.74) is -0.588. The highest BCUT2D eigenvalue weighted by molar-refractivity contribution is 6.34. The van der Waals surface area contributed by atoms with Crippen LogP contribution in [-0.2, 0) is 12.6 Å². The van der Waals surface area contributed by atoms with Crippen molar-refractivity contribution in [2.24, 2.45) is 0 Å². The first kappa shape index (κ1) is 20.1. The quantitative estimate of drug-likeness (QED) is 0.568. The Morgan fingerprint density at radius 2 is 1.93 bits per heavy atom. The molecule has 0 N–H and O–H groups in total. The van der Waals surface area contributed by atoms with Gasteiger partial charge in [0.25, 0.3) is 11.9 Å². The highest BCUT2D eigenvalue weighted by atomic mass is 35.5. The first-order chi connectivity index (χ1) is 14.2. The molecule has 3 aromatic rings. The van der Waals surface area contributed by atoms with Crippen molar-refractivity contribution in [2.75, 3.05) is 6.54 Å². The molecule has 0 radical (unpaired) electrons. The number of aromatic nitrogens is 6. The molecule has 0 saturated heterocycles. The smallest absolute Gasteiger partial charge is 0.328 e. The molecule has 0 aliphatic carbocycles. The van der Waals surface area contributed by atoms with Gasteiger partial charge >= 0.3 is 6.18 Å². The normalized spacial score (nSPS) is 16.5. The van der Waals surface area contributed by atoms with Crippen LogP contribution in [-0.4, -0.2) is 47.3 Å². The average Bonchev–Trinajstić information content (AvgIpc) is 3.13. The Balaban J connectivity index is 1.66. The topological polar surface area (TPSA) is 89.7 Å². The second-order valence-corrected chi connectivity index (χ2v) is 6.86. The summed E-state index contributed by atoms with van der Waals surface area (Å²) < 4.78 is 53.7. The highest BCUT2D eigenvalue weighted by Gasteiger charge is 2.38. The van der Waals surface area contributed by atoms with E-state index in [2.05, 4.69) is 25.3 Å². The fourth-order valence-electron chi connectivity index (χ4n) is 3.24. The lowest BCUT2D eigenvalue weighted by Gasteiger charge is -2.32. The van der Waals surface area contributed by atoms with Crippen molar-refractivity contribution in [1.82, 2.24) is 34.8 Å². The summed E-state index contributed by atoms with van der Waals surface area (Å²) >= 11 is 5.84. The van der Waals surface area contributed by atoms with Crippen LogP contribution in [0.1, 0.15) is 40.4 Å². The van der Waals surface area contributed by atoms with Gasteiger partial charge in [-0.15, -0.1) is 5.10 Å². The lowest BCUT2D eigenvalue weighted by molar-refractivity contribution is -0.137. The Morgan fingerprint density at radius 3 is 2.60 bits per heavy atom. The number of fused-ring (bicyclic) bond motifs is 1. The van der Waals surface area contributed by atoms with Gasteiger partial charge in [0.2, 0.25) is 0 Å². The molecule has 0 saturated carbocycles. The number of rotatable bonds is 2. The van der Waals surface area contributed by atoms with Crippen LogP contribution in [0.2, 0.25) is 5.02 Å². The number of hydrogen-bond acceptors (Lipinski definition) is 6. The van der Waals surface area contributed by atoms with E-state index in [0.717, 1.165) is 18.6 Å². The first-order valence-corrected chi connectivity index (χ1v) is 9.01. The first-order valence-electron chi connectivity index (χ1n) is 8.63. The average molecular weight is 442 g/mol. The molecular weight excluding hydrogens is 430 g/mol. The maximum absolute atomic E-state index is 13.1. The standard InChI is InChI=1S/C17H12ClF4N7O/c1-8-13-11(29(27-26-13)16-24-6-9(19)7-25-16)3-5-28(8)15(30)14-12(18)10(2-4-23-14)17(20,21)22/h2,4,6-8H,3,5H2,1H3/t8-/m1/s1. The van der Waals surface area contributed by atoms with Gasteiger partial charge in [0, 0.05) is 19.2 Å². The van der Waals surface area contributed by atoms with Gasteiger partial charge in [-0.05, 0) is 13.0 Å². The summed E-state index contributed by atoms with van der Waals surface area (Å²) in [6, 6.07) is 0.0911. The monoisotopic (exact) mass is 441 g/mol. The van der Waals surface area contributed by atoms with Crippen molar-refractivity contribution in [3.63, 3.8) is 0 Å². The van der Waals surface area contributed by atoms with E-state index in [-0.39, 0.29) is 18.9 Å². The van der Waals surface area contributed by atoms with Crippen LogP contribution in [0.3, 0.4) is 0 Å². The Labute approximate surface area is 171 Å². The minimum Gasteiger partial charge on any atom is -0.328 e. The molecular formula is C17H12ClF4N7O. The molecule has 30 heavy (non-hydrogen) atoms. The predicted molar refractivity (Wildman–Crippen MR) is 94.3 cm³/mol. The van der Waals surface area contributed by atoms with Gasteiger partial charge in [0.1, 0.15) is 11.4 Å². The predicted octanol–water partition coefficient (Wildman–Crippen LogP) is 3.02. The van der Waals surface area contributed by atoms with E-state index in [0.29, 0.717) is 17.5 Å². The van der Waals surface area contributed by atoms with Gasteiger partial charge in [0.15, 0.2) is 5.82 Å². The van der Waals surface area contributed by atoms with E-state index in [1.807, 2.05) is 0 Å². The summed E-state index contributed by atoms with van der Waals surface area (Å²) in [5, 5.41) is 7.27. The minimum atomic E-state index is -4.71. The van der Waals surface area contributed by atoms with E-state index in [1.165, 1.54) is 9.58 Å². The second-order valence-electron chi connectivity index (χ2n) is 6.48. The van der Waals surface area contributed by atoms with Crippen molar-refractivity contribution in [3.05, 3.63) is 58.1 Å². The third-order valence-corrected chi connectivity index (χ3v) is 5.08. The molecule has 0 unspecified atom stereocenters. The molecule has 156 valence electrons. The zero-order valence-corrected chi connectivity index (χ0v) is 16.0. The zero-order chi connectivity index (χ0) is 21.6. The number of hydrogen-bond donors (Lipinski definition) is 0.